The number of ether oxygens (including phenoxy) is 1. The van der Waals surface area contributed by atoms with Crippen LogP contribution in [0.1, 0.15) is 59.9 Å². The molecule has 0 N–H and O–H groups in total. The summed E-state index contributed by atoms with van der Waals surface area (Å²) < 4.78 is 7.70. The van der Waals surface area contributed by atoms with E-state index in [0.717, 1.165) is 5.56 Å². The van der Waals surface area contributed by atoms with Crippen molar-refractivity contribution in [3.8, 4) is 6.07 Å². The van der Waals surface area contributed by atoms with Crippen molar-refractivity contribution >= 4 is 40.5 Å². The molecule has 1 saturated heterocycles. The maximum atomic E-state index is 14.0. The van der Waals surface area contributed by atoms with E-state index in [0.29, 0.717) is 64.0 Å². The van der Waals surface area contributed by atoms with E-state index in [9.17, 15) is 14.9 Å². The van der Waals surface area contributed by atoms with Crippen molar-refractivity contribution < 1.29 is 14.3 Å². The van der Waals surface area contributed by atoms with Crippen LogP contribution in [0.4, 0.5) is 0 Å². The largest absolute Gasteiger partial charge is 0.498 e. The fourth-order valence-corrected chi connectivity index (χ4v) is 6.20. The van der Waals surface area contributed by atoms with Gasteiger partial charge in [0.2, 0.25) is 0 Å². The van der Waals surface area contributed by atoms with E-state index in [1.165, 1.54) is 0 Å². The molecule has 10 heteroatoms. The number of ketones is 1. The molecule has 0 radical (unpaired) electrons. The predicted molar refractivity (Wildman–Crippen MR) is 147 cm³/mol. The molecule has 2 aliphatic heterocycles. The monoisotopic (exact) mass is 563 g/mol. The van der Waals surface area contributed by atoms with Crippen molar-refractivity contribution in [3.05, 3.63) is 86.9 Å². The van der Waals surface area contributed by atoms with Crippen LogP contribution in [-0.2, 0) is 16.0 Å². The van der Waals surface area contributed by atoms with Crippen LogP contribution in [0.25, 0.3) is 5.57 Å². The van der Waals surface area contributed by atoms with E-state index in [4.69, 9.17) is 27.9 Å². The van der Waals surface area contributed by atoms with E-state index in [2.05, 4.69) is 16.4 Å². The third kappa shape index (κ3) is 4.93. The number of amides is 1. The fraction of sp³-hybridized carbons (Fsp3) is 0.345. The van der Waals surface area contributed by atoms with Gasteiger partial charge in [-0.15, -0.1) is 5.10 Å². The van der Waals surface area contributed by atoms with E-state index in [1.807, 2.05) is 30.9 Å². The number of carbonyl (C=O) groups is 2. The summed E-state index contributed by atoms with van der Waals surface area (Å²) in [7, 11) is 1.56. The molecule has 1 unspecified atom stereocenters. The number of carbonyl (C=O) groups excluding carboxylic acids is 2. The number of halogens is 2. The Hall–Kier alpha value is -3.67. The molecule has 0 aliphatic carbocycles. The van der Waals surface area contributed by atoms with Gasteiger partial charge in [-0.2, -0.15) is 5.26 Å². The second-order valence-corrected chi connectivity index (χ2v) is 11.3. The van der Waals surface area contributed by atoms with E-state index >= 15 is 0 Å². The molecule has 2 aliphatic rings. The van der Waals surface area contributed by atoms with Crippen LogP contribution < -0.4 is 0 Å². The van der Waals surface area contributed by atoms with Crippen LogP contribution in [-0.4, -0.2) is 50.8 Å². The number of methoxy groups -OCH3 is 1. The number of nitriles is 1. The van der Waals surface area contributed by atoms with Gasteiger partial charge in [0.25, 0.3) is 5.91 Å². The zero-order valence-corrected chi connectivity index (χ0v) is 23.3. The molecule has 1 fully saturated rings. The van der Waals surface area contributed by atoms with E-state index in [-0.39, 0.29) is 23.7 Å². The van der Waals surface area contributed by atoms with Gasteiger partial charge < -0.3 is 9.64 Å². The Labute approximate surface area is 236 Å². The number of rotatable bonds is 8. The third-order valence-electron chi connectivity index (χ3n) is 7.29. The number of benzene rings is 2. The number of hydrogen-bond acceptors (Lipinski definition) is 6. The summed E-state index contributed by atoms with van der Waals surface area (Å²) in [4.78, 5) is 28.5. The number of aromatic nitrogens is 3. The molecule has 0 bridgehead atoms. The molecule has 3 aromatic rings. The van der Waals surface area contributed by atoms with Crippen molar-refractivity contribution in [1.82, 2.24) is 19.9 Å². The number of Topliss-reactive ketones (excluding diaryl/α,β-unsaturated/α-hetero) is 1. The van der Waals surface area contributed by atoms with Gasteiger partial charge in [-0.25, -0.2) is 4.68 Å². The fourth-order valence-electron chi connectivity index (χ4n) is 5.67. The molecular weight excluding hydrogens is 537 g/mol. The van der Waals surface area contributed by atoms with Crippen LogP contribution in [0, 0.1) is 17.2 Å². The van der Waals surface area contributed by atoms with Crippen LogP contribution in [0.15, 0.2) is 54.4 Å². The van der Waals surface area contributed by atoms with Crippen LogP contribution >= 0.6 is 23.2 Å². The second kappa shape index (κ2) is 10.5. The molecule has 1 amide bonds. The summed E-state index contributed by atoms with van der Waals surface area (Å²) in [5.74, 6) is 0.475. The Morgan fingerprint density at radius 3 is 2.51 bits per heavy atom. The van der Waals surface area contributed by atoms with Gasteiger partial charge in [-0.3, -0.25) is 9.59 Å². The van der Waals surface area contributed by atoms with Gasteiger partial charge in [0.1, 0.15) is 17.0 Å². The normalized spacial score (nSPS) is 20.5. The standard InChI is InChI=1S/C29H27Cl2N5O3/c1-17(2)8-25(37)24-16-36(34-33-24)23-13-29(12-18-4-6-19(14-32)7-5-18)27(39-3)26(28(38)35(29)15-23)20-9-21(30)11-22(31)10-20/h4-7,9-11,16-17,23H,8,12-13,15H2,1-3H3/t23-,29?/m0/s1. The third-order valence-corrected chi connectivity index (χ3v) is 7.73. The average molecular weight is 564 g/mol. The Bertz CT molecular complexity index is 1500. The van der Waals surface area contributed by atoms with Gasteiger partial charge in [-0.1, -0.05) is 54.4 Å². The Morgan fingerprint density at radius 1 is 1.21 bits per heavy atom. The minimum Gasteiger partial charge on any atom is -0.498 e. The van der Waals surface area contributed by atoms with Gasteiger partial charge in [0.15, 0.2) is 5.78 Å². The summed E-state index contributed by atoms with van der Waals surface area (Å²) in [5.41, 5.74) is 1.99. The molecule has 2 aromatic carbocycles. The summed E-state index contributed by atoms with van der Waals surface area (Å²) in [6.07, 6.45) is 3.00. The highest BCUT2D eigenvalue weighted by atomic mass is 35.5. The van der Waals surface area contributed by atoms with Gasteiger partial charge >= 0.3 is 0 Å². The zero-order chi connectivity index (χ0) is 27.9. The summed E-state index contributed by atoms with van der Waals surface area (Å²) in [6, 6.07) is 14.3. The molecule has 0 spiro atoms. The number of nitrogens with zero attached hydrogens (tertiary/aromatic N) is 5. The van der Waals surface area contributed by atoms with Crippen molar-refractivity contribution in [2.45, 2.75) is 44.7 Å². The van der Waals surface area contributed by atoms with Crippen LogP contribution in [0.5, 0.6) is 0 Å². The Balaban J connectivity index is 1.58. The quantitative estimate of drug-likeness (QED) is 0.335. The lowest BCUT2D eigenvalue weighted by molar-refractivity contribution is -0.126. The summed E-state index contributed by atoms with van der Waals surface area (Å²) >= 11 is 12.6. The smallest absolute Gasteiger partial charge is 0.258 e. The van der Waals surface area contributed by atoms with Crippen LogP contribution in [0.2, 0.25) is 10.0 Å². The minimum atomic E-state index is -0.831. The van der Waals surface area contributed by atoms with Crippen molar-refractivity contribution in [2.75, 3.05) is 13.7 Å². The van der Waals surface area contributed by atoms with Gasteiger partial charge in [-0.05, 0) is 47.4 Å². The summed E-state index contributed by atoms with van der Waals surface area (Å²) in [5, 5.41) is 18.5. The molecule has 1 aromatic heterocycles. The lowest BCUT2D eigenvalue weighted by atomic mass is 9.85. The van der Waals surface area contributed by atoms with Crippen molar-refractivity contribution in [2.24, 2.45) is 5.92 Å². The molecule has 39 heavy (non-hydrogen) atoms. The zero-order valence-electron chi connectivity index (χ0n) is 21.8. The van der Waals surface area contributed by atoms with Crippen molar-refractivity contribution in [1.29, 1.82) is 5.26 Å². The highest BCUT2D eigenvalue weighted by molar-refractivity contribution is 6.35. The second-order valence-electron chi connectivity index (χ2n) is 10.5. The molecule has 0 saturated carbocycles. The summed E-state index contributed by atoms with van der Waals surface area (Å²) in [6.45, 7) is 4.31. The van der Waals surface area contributed by atoms with Crippen molar-refractivity contribution in [3.63, 3.8) is 0 Å². The highest BCUT2D eigenvalue weighted by Gasteiger charge is 2.59. The maximum absolute atomic E-state index is 14.0. The van der Waals surface area contributed by atoms with E-state index < -0.39 is 5.54 Å². The lowest BCUT2D eigenvalue weighted by Gasteiger charge is -2.34. The van der Waals surface area contributed by atoms with E-state index in [1.54, 1.807) is 48.3 Å². The molecule has 200 valence electrons. The SMILES string of the molecule is COC1=C(c2cc(Cl)cc(Cl)c2)C(=O)N2C[C@@H](n3cc(C(=O)CC(C)C)nn3)CC12Cc1ccc(C#N)cc1. The number of hydrogen-bond donors (Lipinski definition) is 0. The predicted octanol–water partition coefficient (Wildman–Crippen LogP) is 5.51. The molecule has 2 atom stereocenters. The first-order valence-electron chi connectivity index (χ1n) is 12.7. The molecule has 3 heterocycles. The first kappa shape index (κ1) is 26.9. The first-order chi connectivity index (χ1) is 18.6. The average Bonchev–Trinajstić information content (AvgIpc) is 3.57. The Kier molecular flexibility index (Phi) is 7.23. The lowest BCUT2D eigenvalue weighted by Crippen LogP contribution is -2.45. The highest BCUT2D eigenvalue weighted by Crippen LogP contribution is 2.51. The van der Waals surface area contributed by atoms with Gasteiger partial charge in [0.05, 0.1) is 36.6 Å². The maximum Gasteiger partial charge on any atom is 0.258 e. The number of fused-ring (bicyclic) bond motifs is 1. The van der Waals surface area contributed by atoms with Gasteiger partial charge in [0, 0.05) is 35.9 Å². The molecular formula is C29H27Cl2N5O3. The Morgan fingerprint density at radius 2 is 1.90 bits per heavy atom. The van der Waals surface area contributed by atoms with Crippen LogP contribution in [0.3, 0.4) is 0 Å². The minimum absolute atomic E-state index is 0.0595. The topological polar surface area (TPSA) is 101 Å². The molecule has 5 rings (SSSR count). The molecule has 8 nitrogen and oxygen atoms in total. The first-order valence-corrected chi connectivity index (χ1v) is 13.4.